The molecule has 0 N–H and O–H groups in total. The van der Waals surface area contributed by atoms with Gasteiger partial charge >= 0.3 is 0 Å². The summed E-state index contributed by atoms with van der Waals surface area (Å²) in [6, 6.07) is 16.3. The van der Waals surface area contributed by atoms with Crippen LogP contribution < -0.4 is 9.84 Å². The summed E-state index contributed by atoms with van der Waals surface area (Å²) in [4.78, 5) is 23.0. The monoisotopic (exact) mass is 385 g/mol. The summed E-state index contributed by atoms with van der Waals surface area (Å²) < 4.78 is 10.2. The highest BCUT2D eigenvalue weighted by molar-refractivity contribution is 5.96. The molecule has 0 aliphatic heterocycles. The predicted molar refractivity (Wildman–Crippen MR) is 107 cm³/mol. The van der Waals surface area contributed by atoms with Gasteiger partial charge in [0.2, 0.25) is 0 Å². The smallest absolute Gasteiger partial charge is 0.163 e. The van der Waals surface area contributed by atoms with Crippen molar-refractivity contribution < 1.29 is 24.2 Å². The molecule has 0 aliphatic carbocycles. The van der Waals surface area contributed by atoms with E-state index in [0.717, 1.165) is 18.8 Å². The van der Waals surface area contributed by atoms with Crippen LogP contribution in [-0.4, -0.2) is 30.6 Å². The molecule has 0 radical (unpaired) electrons. The first kappa shape index (κ1) is 23.4. The van der Waals surface area contributed by atoms with Crippen LogP contribution in [0.5, 0.6) is 5.75 Å². The van der Waals surface area contributed by atoms with Crippen LogP contribution in [0.2, 0.25) is 0 Å². The topological polar surface area (TPSA) is 75.7 Å². The minimum atomic E-state index is -1.38. The Bertz CT molecular complexity index is 718. The first-order chi connectivity index (χ1) is 13.3. The Morgan fingerprint density at radius 3 is 1.96 bits per heavy atom. The van der Waals surface area contributed by atoms with E-state index in [1.54, 1.807) is 24.3 Å². The molecule has 2 aromatic carbocycles. The van der Waals surface area contributed by atoms with Crippen molar-refractivity contribution in [2.45, 2.75) is 46.1 Å². The molecule has 0 atom stereocenters. The molecule has 0 spiro atoms. The molecule has 0 saturated heterocycles. The Labute approximate surface area is 167 Å². The Hall–Kier alpha value is -2.66. The minimum Gasteiger partial charge on any atom is -0.546 e. The highest BCUT2D eigenvalue weighted by Crippen LogP contribution is 2.19. The summed E-state index contributed by atoms with van der Waals surface area (Å²) >= 11 is 0. The number of benzene rings is 2. The zero-order valence-corrected chi connectivity index (χ0v) is 17.1. The summed E-state index contributed by atoms with van der Waals surface area (Å²) in [5, 5.41) is 10.9. The lowest BCUT2D eigenvalue weighted by Crippen LogP contribution is -2.47. The first-order valence-corrected chi connectivity index (χ1v) is 9.45. The second-order valence-electron chi connectivity index (χ2n) is 6.61. The molecule has 0 fully saturated rings. The van der Waals surface area contributed by atoms with E-state index in [9.17, 15) is 14.7 Å². The standard InChI is InChI=1S/C19H20O4.C4H10O/c1-19(2,18(21)22)23-16-11-8-14(9-12-16)10-13-17(20)15-6-4-3-5-7-15;1-3-5-4-2/h3-9,11-12H,10,13H2,1-2H3,(H,21,22);3-4H2,1-2H3/p-1. The zero-order valence-electron chi connectivity index (χ0n) is 17.1. The lowest BCUT2D eigenvalue weighted by molar-refractivity contribution is -0.320. The molecule has 0 bridgehead atoms. The summed E-state index contributed by atoms with van der Waals surface area (Å²) in [6.07, 6.45) is 1.05. The second-order valence-corrected chi connectivity index (χ2v) is 6.61. The summed E-state index contributed by atoms with van der Waals surface area (Å²) in [7, 11) is 0. The number of hydrogen-bond acceptors (Lipinski definition) is 5. The molecule has 5 nitrogen and oxygen atoms in total. The van der Waals surface area contributed by atoms with Gasteiger partial charge in [0.05, 0.1) is 5.97 Å². The van der Waals surface area contributed by atoms with Gasteiger partial charge in [-0.05, 0) is 51.8 Å². The van der Waals surface area contributed by atoms with Crippen molar-refractivity contribution in [3.63, 3.8) is 0 Å². The number of Topliss-reactive ketones (excluding diaryl/α,β-unsaturated/α-hetero) is 1. The Morgan fingerprint density at radius 1 is 0.929 bits per heavy atom. The SMILES string of the molecule is CC(C)(Oc1ccc(CCC(=O)c2ccccc2)cc1)C(=O)[O-].CCOCC. The molecular weight excluding hydrogens is 356 g/mol. The average molecular weight is 385 g/mol. The molecule has 0 aliphatic rings. The van der Waals surface area contributed by atoms with Gasteiger partial charge in [0, 0.05) is 25.2 Å². The number of rotatable bonds is 9. The lowest BCUT2D eigenvalue weighted by atomic mass is 10.0. The van der Waals surface area contributed by atoms with E-state index in [4.69, 9.17) is 9.47 Å². The van der Waals surface area contributed by atoms with Gasteiger partial charge in [-0.1, -0.05) is 42.5 Å². The van der Waals surface area contributed by atoms with Crippen molar-refractivity contribution >= 4 is 11.8 Å². The number of carbonyl (C=O) groups is 2. The fourth-order valence-electron chi connectivity index (χ4n) is 2.29. The third kappa shape index (κ3) is 8.35. The molecule has 0 amide bonds. The zero-order chi connectivity index (χ0) is 21.0. The van der Waals surface area contributed by atoms with Crippen molar-refractivity contribution in [2.75, 3.05) is 13.2 Å². The largest absolute Gasteiger partial charge is 0.546 e. The molecule has 0 aromatic heterocycles. The molecule has 2 rings (SSSR count). The molecule has 152 valence electrons. The van der Waals surface area contributed by atoms with Crippen LogP contribution in [0, 0.1) is 0 Å². The lowest BCUT2D eigenvalue weighted by Gasteiger charge is -2.27. The second kappa shape index (κ2) is 11.9. The number of aryl methyl sites for hydroxylation is 1. The van der Waals surface area contributed by atoms with Crippen molar-refractivity contribution in [1.29, 1.82) is 0 Å². The number of carbonyl (C=O) groups excluding carboxylic acids is 2. The molecule has 2 aromatic rings. The number of aliphatic carboxylic acids is 1. The highest BCUT2D eigenvalue weighted by atomic mass is 16.5. The van der Waals surface area contributed by atoms with E-state index < -0.39 is 11.6 Å². The third-order valence-corrected chi connectivity index (χ3v) is 3.93. The fourth-order valence-corrected chi connectivity index (χ4v) is 2.29. The maximum absolute atomic E-state index is 12.1. The maximum Gasteiger partial charge on any atom is 0.163 e. The highest BCUT2D eigenvalue weighted by Gasteiger charge is 2.21. The average Bonchev–Trinajstić information content (AvgIpc) is 2.68. The van der Waals surface area contributed by atoms with Crippen LogP contribution in [0.1, 0.15) is 50.0 Å². The van der Waals surface area contributed by atoms with Gasteiger partial charge in [-0.3, -0.25) is 4.79 Å². The molecule has 0 unspecified atom stereocenters. The van der Waals surface area contributed by atoms with E-state index >= 15 is 0 Å². The van der Waals surface area contributed by atoms with Crippen LogP contribution in [0.15, 0.2) is 54.6 Å². The Balaban J connectivity index is 0.000000696. The minimum absolute atomic E-state index is 0.101. The van der Waals surface area contributed by atoms with Crippen LogP contribution >= 0.6 is 0 Å². The third-order valence-electron chi connectivity index (χ3n) is 3.93. The van der Waals surface area contributed by atoms with Crippen molar-refractivity contribution in [1.82, 2.24) is 0 Å². The first-order valence-electron chi connectivity index (χ1n) is 9.45. The number of ketones is 1. The quantitative estimate of drug-likeness (QED) is 0.618. The normalized spacial score (nSPS) is 10.6. The van der Waals surface area contributed by atoms with Crippen molar-refractivity contribution in [2.24, 2.45) is 0 Å². The van der Waals surface area contributed by atoms with Gasteiger partial charge in [0.1, 0.15) is 11.4 Å². The number of carboxylic acids is 1. The molecule has 28 heavy (non-hydrogen) atoms. The van der Waals surface area contributed by atoms with Gasteiger partial charge in [0.15, 0.2) is 5.78 Å². The van der Waals surface area contributed by atoms with E-state index in [0.29, 0.717) is 24.2 Å². The van der Waals surface area contributed by atoms with Gasteiger partial charge in [-0.25, -0.2) is 0 Å². The van der Waals surface area contributed by atoms with Gasteiger partial charge in [-0.2, -0.15) is 0 Å². The van der Waals surface area contributed by atoms with Crippen molar-refractivity contribution in [3.05, 3.63) is 65.7 Å². The molecule has 5 heteroatoms. The summed E-state index contributed by atoms with van der Waals surface area (Å²) in [6.45, 7) is 8.55. The van der Waals surface area contributed by atoms with E-state index in [-0.39, 0.29) is 5.78 Å². The van der Waals surface area contributed by atoms with E-state index in [1.165, 1.54) is 13.8 Å². The predicted octanol–water partition coefficient (Wildman–Crippen LogP) is 3.45. The van der Waals surface area contributed by atoms with Gasteiger partial charge < -0.3 is 19.4 Å². The molecular formula is C23H29O5-. The van der Waals surface area contributed by atoms with Gasteiger partial charge in [-0.15, -0.1) is 0 Å². The maximum atomic E-state index is 12.1. The van der Waals surface area contributed by atoms with Crippen LogP contribution in [0.4, 0.5) is 0 Å². The van der Waals surface area contributed by atoms with Crippen LogP contribution in [0.3, 0.4) is 0 Å². The Morgan fingerprint density at radius 2 is 1.50 bits per heavy atom. The van der Waals surface area contributed by atoms with Crippen LogP contribution in [-0.2, 0) is 16.0 Å². The Kier molecular flexibility index (Phi) is 9.96. The number of hydrogen-bond donors (Lipinski definition) is 0. The summed E-state index contributed by atoms with van der Waals surface area (Å²) in [5.74, 6) is -0.712. The molecule has 0 heterocycles. The van der Waals surface area contributed by atoms with Gasteiger partial charge in [0.25, 0.3) is 0 Å². The molecule has 0 saturated carbocycles. The number of ether oxygens (including phenoxy) is 2. The van der Waals surface area contributed by atoms with E-state index in [1.807, 2.05) is 44.2 Å². The van der Waals surface area contributed by atoms with Crippen molar-refractivity contribution in [3.8, 4) is 5.75 Å². The van der Waals surface area contributed by atoms with Crippen LogP contribution in [0.25, 0.3) is 0 Å². The fraction of sp³-hybridized carbons (Fsp3) is 0.391. The summed E-state index contributed by atoms with van der Waals surface area (Å²) in [5.41, 5.74) is 0.321. The van der Waals surface area contributed by atoms with E-state index in [2.05, 4.69) is 0 Å². The number of carboxylic acid groups (broad SMARTS) is 1.